The Morgan fingerprint density at radius 3 is 2.71 bits per heavy atom. The van der Waals surface area contributed by atoms with Gasteiger partial charge in [0, 0.05) is 5.02 Å². The molecular formula is C14H11Cl2NO3S. The molecule has 0 unspecified atom stereocenters. The Hall–Kier alpha value is -1.56. The van der Waals surface area contributed by atoms with Crippen molar-refractivity contribution in [3.63, 3.8) is 0 Å². The SMILES string of the molecule is Cc1ccsc1C(=O)OCC(=O)Nc1cc(Cl)ccc1Cl. The molecule has 0 saturated carbocycles. The fourth-order valence-electron chi connectivity index (χ4n) is 1.56. The van der Waals surface area contributed by atoms with E-state index in [4.69, 9.17) is 27.9 Å². The van der Waals surface area contributed by atoms with E-state index in [0.717, 1.165) is 5.56 Å². The average Bonchev–Trinajstić information content (AvgIpc) is 2.86. The first-order valence-electron chi connectivity index (χ1n) is 5.93. The Morgan fingerprint density at radius 1 is 1.29 bits per heavy atom. The molecule has 7 heteroatoms. The van der Waals surface area contributed by atoms with Crippen LogP contribution in [0.2, 0.25) is 10.0 Å². The maximum absolute atomic E-state index is 11.8. The molecule has 21 heavy (non-hydrogen) atoms. The molecule has 0 aliphatic heterocycles. The first-order valence-corrected chi connectivity index (χ1v) is 7.57. The van der Waals surface area contributed by atoms with Gasteiger partial charge in [0.05, 0.1) is 10.7 Å². The van der Waals surface area contributed by atoms with Crippen molar-refractivity contribution in [2.24, 2.45) is 0 Å². The minimum Gasteiger partial charge on any atom is -0.451 e. The van der Waals surface area contributed by atoms with Crippen LogP contribution in [0, 0.1) is 6.92 Å². The van der Waals surface area contributed by atoms with Gasteiger partial charge in [-0.3, -0.25) is 4.79 Å². The van der Waals surface area contributed by atoms with Gasteiger partial charge in [0.25, 0.3) is 5.91 Å². The van der Waals surface area contributed by atoms with Crippen LogP contribution < -0.4 is 5.32 Å². The number of carbonyl (C=O) groups is 2. The van der Waals surface area contributed by atoms with Crippen LogP contribution in [0.3, 0.4) is 0 Å². The quantitative estimate of drug-likeness (QED) is 0.848. The molecule has 0 saturated heterocycles. The van der Waals surface area contributed by atoms with Gasteiger partial charge in [-0.15, -0.1) is 11.3 Å². The first kappa shape index (κ1) is 15.8. The highest BCUT2D eigenvalue weighted by atomic mass is 35.5. The van der Waals surface area contributed by atoms with Crippen LogP contribution in [0.25, 0.3) is 0 Å². The van der Waals surface area contributed by atoms with Crippen LogP contribution >= 0.6 is 34.5 Å². The smallest absolute Gasteiger partial charge is 0.349 e. The molecule has 0 radical (unpaired) electrons. The fraction of sp³-hybridized carbons (Fsp3) is 0.143. The number of aryl methyl sites for hydroxylation is 1. The molecule has 1 N–H and O–H groups in total. The second-order valence-corrected chi connectivity index (χ2v) is 5.94. The Kier molecular flexibility index (Phi) is 5.22. The first-order chi connectivity index (χ1) is 9.97. The third kappa shape index (κ3) is 4.20. The number of thiophene rings is 1. The molecule has 0 spiro atoms. The van der Waals surface area contributed by atoms with Crippen molar-refractivity contribution in [3.05, 3.63) is 50.1 Å². The summed E-state index contributed by atoms with van der Waals surface area (Å²) in [6, 6.07) is 6.51. The number of hydrogen-bond acceptors (Lipinski definition) is 4. The number of halogens is 2. The van der Waals surface area contributed by atoms with Gasteiger partial charge in [0.1, 0.15) is 4.88 Å². The lowest BCUT2D eigenvalue weighted by atomic mass is 10.3. The van der Waals surface area contributed by atoms with Crippen LogP contribution in [0.15, 0.2) is 29.6 Å². The molecule has 2 rings (SSSR count). The molecule has 1 heterocycles. The molecule has 0 aliphatic rings. The fourth-order valence-corrected chi connectivity index (χ4v) is 2.71. The third-order valence-corrected chi connectivity index (χ3v) is 4.15. The van der Waals surface area contributed by atoms with E-state index in [0.29, 0.717) is 20.6 Å². The monoisotopic (exact) mass is 343 g/mol. The van der Waals surface area contributed by atoms with Crippen molar-refractivity contribution in [1.29, 1.82) is 0 Å². The number of hydrogen-bond donors (Lipinski definition) is 1. The lowest BCUT2D eigenvalue weighted by Gasteiger charge is -2.08. The number of anilines is 1. The lowest BCUT2D eigenvalue weighted by Crippen LogP contribution is -2.21. The van der Waals surface area contributed by atoms with Gasteiger partial charge in [0.15, 0.2) is 6.61 Å². The highest BCUT2D eigenvalue weighted by molar-refractivity contribution is 7.12. The Balaban J connectivity index is 1.92. The van der Waals surface area contributed by atoms with Gasteiger partial charge in [0.2, 0.25) is 0 Å². The molecule has 0 bridgehead atoms. The predicted octanol–water partition coefficient (Wildman–Crippen LogP) is 4.16. The zero-order chi connectivity index (χ0) is 15.4. The van der Waals surface area contributed by atoms with Crippen LogP contribution in [-0.4, -0.2) is 18.5 Å². The van der Waals surface area contributed by atoms with Crippen molar-refractivity contribution in [1.82, 2.24) is 0 Å². The van der Waals surface area contributed by atoms with Gasteiger partial charge in [-0.25, -0.2) is 4.79 Å². The summed E-state index contributed by atoms with van der Waals surface area (Å²) in [6.45, 7) is 1.41. The Bertz CT molecular complexity index is 685. The van der Waals surface area contributed by atoms with Crippen LogP contribution in [0.1, 0.15) is 15.2 Å². The predicted molar refractivity (Wildman–Crippen MR) is 84.4 cm³/mol. The van der Waals surface area contributed by atoms with E-state index < -0.39 is 11.9 Å². The Labute approximate surface area is 135 Å². The number of ether oxygens (including phenoxy) is 1. The zero-order valence-corrected chi connectivity index (χ0v) is 13.3. The van der Waals surface area contributed by atoms with Crippen molar-refractivity contribution in [2.75, 3.05) is 11.9 Å². The summed E-state index contributed by atoms with van der Waals surface area (Å²) in [6.07, 6.45) is 0. The lowest BCUT2D eigenvalue weighted by molar-refractivity contribution is -0.119. The number of carbonyl (C=O) groups excluding carboxylic acids is 2. The summed E-state index contributed by atoms with van der Waals surface area (Å²) in [7, 11) is 0. The number of rotatable bonds is 4. The second-order valence-electron chi connectivity index (χ2n) is 4.18. The molecule has 1 aromatic heterocycles. The van der Waals surface area contributed by atoms with E-state index in [1.807, 2.05) is 6.07 Å². The summed E-state index contributed by atoms with van der Waals surface area (Å²) in [5, 5.41) is 5.13. The standard InChI is InChI=1S/C14H11Cl2NO3S/c1-8-4-5-21-13(8)14(19)20-7-12(18)17-11-6-9(15)2-3-10(11)16/h2-6H,7H2,1H3,(H,17,18). The minimum atomic E-state index is -0.519. The maximum atomic E-state index is 11.8. The summed E-state index contributed by atoms with van der Waals surface area (Å²) in [5.41, 5.74) is 1.20. The molecule has 1 amide bonds. The van der Waals surface area contributed by atoms with Crippen LogP contribution in [0.5, 0.6) is 0 Å². The molecule has 1 aromatic carbocycles. The van der Waals surface area contributed by atoms with Gasteiger partial charge in [-0.2, -0.15) is 0 Å². The molecular weight excluding hydrogens is 333 g/mol. The molecule has 110 valence electrons. The summed E-state index contributed by atoms with van der Waals surface area (Å²) in [4.78, 5) is 24.0. The maximum Gasteiger partial charge on any atom is 0.349 e. The van der Waals surface area contributed by atoms with Gasteiger partial charge < -0.3 is 10.1 Å². The number of benzene rings is 1. The zero-order valence-electron chi connectivity index (χ0n) is 11.0. The van der Waals surface area contributed by atoms with Gasteiger partial charge >= 0.3 is 5.97 Å². The highest BCUT2D eigenvalue weighted by Crippen LogP contribution is 2.25. The van der Waals surface area contributed by atoms with Crippen molar-refractivity contribution in [2.45, 2.75) is 6.92 Å². The van der Waals surface area contributed by atoms with Crippen LogP contribution in [0.4, 0.5) is 5.69 Å². The summed E-state index contributed by atoms with van der Waals surface area (Å²) < 4.78 is 4.95. The number of esters is 1. The second kappa shape index (κ2) is 6.93. The van der Waals surface area contributed by atoms with Crippen molar-refractivity contribution in [3.8, 4) is 0 Å². The highest BCUT2D eigenvalue weighted by Gasteiger charge is 2.14. The average molecular weight is 344 g/mol. The van der Waals surface area contributed by atoms with Crippen molar-refractivity contribution < 1.29 is 14.3 Å². The Morgan fingerprint density at radius 2 is 2.05 bits per heavy atom. The largest absolute Gasteiger partial charge is 0.451 e. The van der Waals surface area contributed by atoms with E-state index in [1.54, 1.807) is 24.4 Å². The van der Waals surface area contributed by atoms with E-state index in [-0.39, 0.29) is 6.61 Å². The summed E-state index contributed by atoms with van der Waals surface area (Å²) >= 11 is 13.0. The molecule has 0 fully saturated rings. The molecule has 0 atom stereocenters. The summed E-state index contributed by atoms with van der Waals surface area (Å²) in [5.74, 6) is -1.00. The van der Waals surface area contributed by atoms with Gasteiger partial charge in [-0.1, -0.05) is 23.2 Å². The van der Waals surface area contributed by atoms with Gasteiger partial charge in [-0.05, 0) is 42.1 Å². The van der Waals surface area contributed by atoms with E-state index in [2.05, 4.69) is 5.32 Å². The minimum absolute atomic E-state index is 0.355. The normalized spacial score (nSPS) is 10.2. The van der Waals surface area contributed by atoms with Crippen molar-refractivity contribution >= 4 is 52.1 Å². The topological polar surface area (TPSA) is 55.4 Å². The molecule has 4 nitrogen and oxygen atoms in total. The van der Waals surface area contributed by atoms with Crippen LogP contribution in [-0.2, 0) is 9.53 Å². The number of nitrogens with one attached hydrogen (secondary N) is 1. The van der Waals surface area contributed by atoms with E-state index in [9.17, 15) is 9.59 Å². The third-order valence-electron chi connectivity index (χ3n) is 2.58. The molecule has 0 aliphatic carbocycles. The number of amides is 1. The van der Waals surface area contributed by atoms with E-state index in [1.165, 1.54) is 17.4 Å². The molecule has 2 aromatic rings. The van der Waals surface area contributed by atoms with E-state index >= 15 is 0 Å².